The van der Waals surface area contributed by atoms with Gasteiger partial charge in [0.05, 0.1) is 22.7 Å². The third kappa shape index (κ3) is 6.88. The molecule has 47 heavy (non-hydrogen) atoms. The molecule has 0 aliphatic heterocycles. The van der Waals surface area contributed by atoms with Crippen LogP contribution in [0.15, 0.2) is 53.1 Å². The van der Waals surface area contributed by atoms with E-state index in [9.17, 15) is 53.9 Å². The zero-order valence-corrected chi connectivity index (χ0v) is 26.3. The molecule has 1 aliphatic carbocycles. The molecule has 1 aliphatic rings. The number of carbonyl (C=O) groups excluding carboxylic acids is 3. The molecule has 4 rings (SSSR count). The quantitative estimate of drug-likeness (QED) is 0.112. The second kappa shape index (κ2) is 12.8. The van der Waals surface area contributed by atoms with Gasteiger partial charge in [0.1, 0.15) is 5.69 Å². The van der Waals surface area contributed by atoms with Crippen LogP contribution in [0.3, 0.4) is 0 Å². The molecule has 1 unspecified atom stereocenters. The second-order valence-electron chi connectivity index (χ2n) is 9.79. The molecule has 1 atom stereocenters. The normalized spacial score (nSPS) is 15.1. The summed E-state index contributed by atoms with van der Waals surface area (Å²) in [6.07, 6.45) is -12.2. The molecular formula is C27H14BrF11IN3O4. The summed E-state index contributed by atoms with van der Waals surface area (Å²) >= 11 is 3.72. The van der Waals surface area contributed by atoms with Crippen molar-refractivity contribution in [2.75, 3.05) is 10.4 Å². The highest BCUT2D eigenvalue weighted by atomic mass is 127. The Morgan fingerprint density at radius 3 is 2.09 bits per heavy atom. The van der Waals surface area contributed by atoms with Gasteiger partial charge < -0.3 is 10.2 Å². The van der Waals surface area contributed by atoms with Gasteiger partial charge in [0, 0.05) is 19.8 Å². The molecule has 2 amide bonds. The summed E-state index contributed by atoms with van der Waals surface area (Å²) in [5.41, 5.74) is -11.1. The molecule has 0 radical (unpaired) electrons. The van der Waals surface area contributed by atoms with Crippen LogP contribution in [0.4, 0.5) is 59.7 Å². The molecule has 0 saturated heterocycles. The average molecular weight is 860 g/mol. The lowest BCUT2D eigenvalue weighted by Crippen LogP contribution is -2.59. The number of hydroxylamine groups is 1. The number of benzene rings is 2. The van der Waals surface area contributed by atoms with Crippen molar-refractivity contribution in [2.24, 2.45) is 5.92 Å². The van der Waals surface area contributed by atoms with E-state index in [1.54, 1.807) is 0 Å². The number of pyridine rings is 1. The smallest absolute Gasteiger partial charge is 0.332 e. The lowest BCUT2D eigenvalue weighted by atomic mass is 9.87. The van der Waals surface area contributed by atoms with Gasteiger partial charge in [0.15, 0.2) is 5.82 Å². The minimum atomic E-state index is -6.97. The number of alkyl halides is 9. The number of hydrogen-bond donors (Lipinski definition) is 1. The molecular weight excluding hydrogens is 846 g/mol. The first-order valence-electron chi connectivity index (χ1n) is 12.6. The molecule has 3 aromatic rings. The standard InChI is InChI=1S/C27H14BrF11IN3O4/c28-15-8-13(24(31,26(34,35)36)25(32,33)27(37,38)39)9-16(40)20(15)42-21(44)14-2-1-3-17(19(14)30)43(47-23(46)11-4-5-11)22(45)12-6-7-18(29)41-10-12/h1-3,6-11H,4-5H2,(H,42,44). The van der Waals surface area contributed by atoms with Gasteiger partial charge in [-0.2, -0.15) is 39.5 Å². The SMILES string of the molecule is O=C(Nc1c(Br)cc(C(F)(C(F)(F)F)C(F)(F)C(F)(F)F)cc1I)c1cccc(N(OC(=O)C2CC2)C(=O)c2ccc(F)nc2)c1F. The Bertz CT molecular complexity index is 1710. The zero-order chi connectivity index (χ0) is 35.3. The van der Waals surface area contributed by atoms with E-state index >= 15 is 8.78 Å². The molecule has 1 fully saturated rings. The first-order chi connectivity index (χ1) is 21.6. The van der Waals surface area contributed by atoms with Crippen molar-refractivity contribution in [3.05, 3.63) is 85.2 Å². The number of rotatable bonds is 7. The summed E-state index contributed by atoms with van der Waals surface area (Å²) in [6, 6.07) is 4.41. The number of halogens is 13. The molecule has 2 aromatic carbocycles. The van der Waals surface area contributed by atoms with Crippen LogP contribution in [0.1, 0.15) is 39.1 Å². The minimum absolute atomic E-state index is 0.0185. The monoisotopic (exact) mass is 859 g/mol. The van der Waals surface area contributed by atoms with E-state index in [-0.39, 0.29) is 22.8 Å². The van der Waals surface area contributed by atoms with E-state index in [0.29, 0.717) is 12.8 Å². The maximum absolute atomic E-state index is 15.8. The number of anilines is 2. The van der Waals surface area contributed by atoms with Crippen molar-refractivity contribution in [3.63, 3.8) is 0 Å². The Kier molecular flexibility index (Phi) is 9.88. The fraction of sp³-hybridized carbons (Fsp3) is 0.259. The van der Waals surface area contributed by atoms with Gasteiger partial charge in [0.25, 0.3) is 11.8 Å². The summed E-state index contributed by atoms with van der Waals surface area (Å²) in [5.74, 6) is -13.6. The van der Waals surface area contributed by atoms with Crippen molar-refractivity contribution in [3.8, 4) is 0 Å². The summed E-state index contributed by atoms with van der Waals surface area (Å²) in [5, 5.41) is 2.20. The summed E-state index contributed by atoms with van der Waals surface area (Å²) < 4.78 is 150. The average Bonchev–Trinajstić information content (AvgIpc) is 3.82. The summed E-state index contributed by atoms with van der Waals surface area (Å²) in [6.45, 7) is 0. The molecule has 1 saturated carbocycles. The van der Waals surface area contributed by atoms with E-state index in [1.165, 1.54) is 0 Å². The Labute approximate surface area is 277 Å². The first-order valence-corrected chi connectivity index (χ1v) is 14.5. The largest absolute Gasteiger partial charge is 0.457 e. The fourth-order valence-electron chi connectivity index (χ4n) is 3.95. The Morgan fingerprint density at radius 1 is 0.936 bits per heavy atom. The molecule has 0 spiro atoms. The van der Waals surface area contributed by atoms with Crippen LogP contribution in [-0.2, 0) is 15.3 Å². The predicted octanol–water partition coefficient (Wildman–Crippen LogP) is 8.42. The molecule has 252 valence electrons. The maximum atomic E-state index is 15.8. The summed E-state index contributed by atoms with van der Waals surface area (Å²) in [4.78, 5) is 47.0. The van der Waals surface area contributed by atoms with Gasteiger partial charge in [0.2, 0.25) is 5.95 Å². The predicted molar refractivity (Wildman–Crippen MR) is 151 cm³/mol. The van der Waals surface area contributed by atoms with Crippen LogP contribution in [-0.4, -0.2) is 41.0 Å². The van der Waals surface area contributed by atoms with E-state index in [2.05, 4.69) is 20.9 Å². The van der Waals surface area contributed by atoms with E-state index in [4.69, 9.17) is 4.84 Å². The van der Waals surface area contributed by atoms with Gasteiger partial charge in [-0.25, -0.2) is 18.6 Å². The van der Waals surface area contributed by atoms with Crippen LogP contribution >= 0.6 is 38.5 Å². The van der Waals surface area contributed by atoms with Crippen molar-refractivity contribution in [1.82, 2.24) is 4.98 Å². The number of amides is 2. The Hall–Kier alpha value is -3.56. The fourth-order valence-corrected chi connectivity index (χ4v) is 5.64. The maximum Gasteiger partial charge on any atom is 0.457 e. The van der Waals surface area contributed by atoms with Crippen LogP contribution in [0.25, 0.3) is 0 Å². The highest BCUT2D eigenvalue weighted by molar-refractivity contribution is 14.1. The van der Waals surface area contributed by atoms with E-state index < -0.39 is 90.0 Å². The Balaban J connectivity index is 1.71. The second-order valence-corrected chi connectivity index (χ2v) is 11.8. The molecule has 1 aromatic heterocycles. The molecule has 1 N–H and O–H groups in total. The number of nitrogens with zero attached hydrogens (tertiary/aromatic N) is 2. The third-order valence-corrected chi connectivity index (χ3v) is 8.03. The Morgan fingerprint density at radius 2 is 1.57 bits per heavy atom. The highest BCUT2D eigenvalue weighted by Crippen LogP contribution is 2.59. The van der Waals surface area contributed by atoms with E-state index in [0.717, 1.165) is 59.1 Å². The molecule has 0 bridgehead atoms. The van der Waals surface area contributed by atoms with Crippen molar-refractivity contribution in [2.45, 2.75) is 36.8 Å². The number of aromatic nitrogens is 1. The lowest BCUT2D eigenvalue weighted by Gasteiger charge is -2.36. The van der Waals surface area contributed by atoms with E-state index in [1.807, 2.05) is 5.32 Å². The molecule has 1 heterocycles. The first kappa shape index (κ1) is 36.3. The zero-order valence-electron chi connectivity index (χ0n) is 22.6. The topological polar surface area (TPSA) is 88.6 Å². The van der Waals surface area contributed by atoms with Gasteiger partial charge in [-0.05, 0) is 87.8 Å². The van der Waals surface area contributed by atoms with Crippen LogP contribution in [0, 0.1) is 21.3 Å². The van der Waals surface area contributed by atoms with Gasteiger partial charge in [-0.1, -0.05) is 6.07 Å². The number of hydrogen-bond acceptors (Lipinski definition) is 5. The van der Waals surface area contributed by atoms with Gasteiger partial charge >= 0.3 is 29.9 Å². The van der Waals surface area contributed by atoms with Crippen molar-refractivity contribution >= 4 is 67.7 Å². The van der Waals surface area contributed by atoms with Gasteiger partial charge in [-0.15, -0.1) is 5.06 Å². The van der Waals surface area contributed by atoms with Crippen LogP contribution in [0.5, 0.6) is 0 Å². The van der Waals surface area contributed by atoms with Crippen LogP contribution in [0.2, 0.25) is 0 Å². The summed E-state index contributed by atoms with van der Waals surface area (Å²) in [7, 11) is 0. The highest BCUT2D eigenvalue weighted by Gasteiger charge is 2.81. The number of carbonyl (C=O) groups is 3. The molecule has 7 nitrogen and oxygen atoms in total. The number of nitrogens with one attached hydrogen (secondary N) is 1. The lowest BCUT2D eigenvalue weighted by molar-refractivity contribution is -0.389. The molecule has 20 heteroatoms. The van der Waals surface area contributed by atoms with Gasteiger partial charge in [-0.3, -0.25) is 9.59 Å². The van der Waals surface area contributed by atoms with Crippen LogP contribution < -0.4 is 10.4 Å². The third-order valence-electron chi connectivity index (χ3n) is 6.55. The minimum Gasteiger partial charge on any atom is -0.332 e. The van der Waals surface area contributed by atoms with Crippen molar-refractivity contribution in [1.29, 1.82) is 0 Å². The van der Waals surface area contributed by atoms with Crippen molar-refractivity contribution < 1.29 is 67.5 Å².